The summed E-state index contributed by atoms with van der Waals surface area (Å²) in [6.45, 7) is 10.4. The average Bonchev–Trinajstić information content (AvgIpc) is 2.46. The third-order valence-electron chi connectivity index (χ3n) is 3.25. The topological polar surface area (TPSA) is 47.9 Å². The molecule has 2 aromatic rings. The lowest BCUT2D eigenvalue weighted by atomic mass is 10.1. The largest absolute Gasteiger partial charge is 0.475 e. The first-order valence-electron chi connectivity index (χ1n) is 8.00. The van der Waals surface area contributed by atoms with Crippen LogP contribution in [0.1, 0.15) is 58.3 Å². The van der Waals surface area contributed by atoms with Crippen LogP contribution in [0.4, 0.5) is 0 Å². The fourth-order valence-corrected chi connectivity index (χ4v) is 2.19. The van der Waals surface area contributed by atoms with Crippen molar-refractivity contribution in [2.24, 2.45) is 0 Å². The third-order valence-corrected chi connectivity index (χ3v) is 3.25. The van der Waals surface area contributed by atoms with Crippen LogP contribution in [0.25, 0.3) is 11.4 Å². The van der Waals surface area contributed by atoms with E-state index in [9.17, 15) is 0 Å². The highest BCUT2D eigenvalue weighted by Crippen LogP contribution is 2.23. The van der Waals surface area contributed by atoms with Crippen LogP contribution in [0, 0.1) is 0 Å². The van der Waals surface area contributed by atoms with Crippen molar-refractivity contribution in [3.63, 3.8) is 0 Å². The Morgan fingerprint density at radius 2 is 1.86 bits per heavy atom. The second kappa shape index (κ2) is 7.34. The molecule has 2 heterocycles. The quantitative estimate of drug-likeness (QED) is 0.793. The molecular formula is C18H25N3O. The minimum Gasteiger partial charge on any atom is -0.475 e. The average molecular weight is 299 g/mol. The molecular weight excluding hydrogens is 274 g/mol. The second-order valence-corrected chi connectivity index (χ2v) is 6.06. The maximum absolute atomic E-state index is 5.77. The van der Waals surface area contributed by atoms with Gasteiger partial charge >= 0.3 is 0 Å². The van der Waals surface area contributed by atoms with E-state index in [0.29, 0.717) is 17.6 Å². The number of rotatable bonds is 6. The smallest absolute Gasteiger partial charge is 0.217 e. The summed E-state index contributed by atoms with van der Waals surface area (Å²) >= 11 is 0. The Kier molecular flexibility index (Phi) is 5.47. The monoisotopic (exact) mass is 299 g/mol. The van der Waals surface area contributed by atoms with Crippen molar-refractivity contribution in [3.05, 3.63) is 35.8 Å². The summed E-state index contributed by atoms with van der Waals surface area (Å²) in [5.41, 5.74) is 3.06. The minimum atomic E-state index is 0.0980. The van der Waals surface area contributed by atoms with Crippen molar-refractivity contribution in [1.29, 1.82) is 0 Å². The van der Waals surface area contributed by atoms with Gasteiger partial charge in [0.15, 0.2) is 5.82 Å². The van der Waals surface area contributed by atoms with E-state index in [-0.39, 0.29) is 6.10 Å². The maximum atomic E-state index is 5.77. The number of nitrogens with zero attached hydrogens (tertiary/aromatic N) is 3. The van der Waals surface area contributed by atoms with E-state index in [4.69, 9.17) is 4.74 Å². The molecule has 0 fully saturated rings. The minimum absolute atomic E-state index is 0.0980. The van der Waals surface area contributed by atoms with E-state index in [1.165, 1.54) is 0 Å². The molecule has 4 nitrogen and oxygen atoms in total. The molecule has 0 spiro atoms. The van der Waals surface area contributed by atoms with Gasteiger partial charge in [-0.3, -0.25) is 4.98 Å². The predicted octanol–water partition coefficient (Wildman–Crippen LogP) is 4.40. The Labute approximate surface area is 133 Å². The molecule has 0 unspecified atom stereocenters. The summed E-state index contributed by atoms with van der Waals surface area (Å²) in [5, 5.41) is 0. The van der Waals surface area contributed by atoms with Crippen LogP contribution in [0.15, 0.2) is 24.4 Å². The number of aromatic nitrogens is 3. The van der Waals surface area contributed by atoms with Gasteiger partial charge in [0, 0.05) is 29.2 Å². The van der Waals surface area contributed by atoms with E-state index in [2.05, 4.69) is 41.8 Å². The van der Waals surface area contributed by atoms with Crippen molar-refractivity contribution in [2.75, 3.05) is 0 Å². The van der Waals surface area contributed by atoms with Gasteiger partial charge in [0.05, 0.1) is 6.10 Å². The molecule has 0 N–H and O–H groups in total. The van der Waals surface area contributed by atoms with Crippen LogP contribution in [0.3, 0.4) is 0 Å². The lowest BCUT2D eigenvalue weighted by Gasteiger charge is -2.12. The van der Waals surface area contributed by atoms with Gasteiger partial charge in [-0.25, -0.2) is 4.98 Å². The van der Waals surface area contributed by atoms with Gasteiger partial charge in [-0.05, 0) is 38.3 Å². The molecule has 0 radical (unpaired) electrons. The van der Waals surface area contributed by atoms with Gasteiger partial charge in [-0.15, -0.1) is 0 Å². The highest BCUT2D eigenvalue weighted by Gasteiger charge is 2.11. The summed E-state index contributed by atoms with van der Waals surface area (Å²) in [4.78, 5) is 13.7. The molecule has 2 rings (SSSR count). The predicted molar refractivity (Wildman–Crippen MR) is 89.1 cm³/mol. The van der Waals surface area contributed by atoms with Crippen molar-refractivity contribution in [2.45, 2.75) is 59.5 Å². The highest BCUT2D eigenvalue weighted by atomic mass is 16.5. The molecule has 0 aromatic carbocycles. The molecule has 4 heteroatoms. The molecule has 0 bridgehead atoms. The Balaban J connectivity index is 2.44. The van der Waals surface area contributed by atoms with E-state index in [1.54, 1.807) is 0 Å². The van der Waals surface area contributed by atoms with Gasteiger partial charge in [0.2, 0.25) is 5.88 Å². The van der Waals surface area contributed by atoms with Crippen LogP contribution >= 0.6 is 0 Å². The fraction of sp³-hybridized carbons (Fsp3) is 0.500. The third kappa shape index (κ3) is 4.26. The van der Waals surface area contributed by atoms with Crippen molar-refractivity contribution >= 4 is 0 Å². The van der Waals surface area contributed by atoms with Crippen molar-refractivity contribution < 1.29 is 4.74 Å². The molecule has 0 aliphatic carbocycles. The Morgan fingerprint density at radius 1 is 1.09 bits per heavy atom. The molecule has 0 atom stereocenters. The SMILES string of the molecule is CCCc1cc(OC(C)C)nc(-c2ccnc(C(C)C)c2)n1. The standard InChI is InChI=1S/C18H25N3O/c1-6-7-15-11-17(22-13(4)5)21-18(20-15)14-8-9-19-16(10-14)12(2)3/h8-13H,6-7H2,1-5H3. The number of hydrogen-bond acceptors (Lipinski definition) is 4. The maximum Gasteiger partial charge on any atom is 0.217 e. The van der Waals surface area contributed by atoms with Crippen LogP contribution in [-0.4, -0.2) is 21.1 Å². The molecule has 0 aliphatic heterocycles. The van der Waals surface area contributed by atoms with Gasteiger partial charge in [0.25, 0.3) is 0 Å². The Bertz CT molecular complexity index is 623. The first kappa shape index (κ1) is 16.4. The van der Waals surface area contributed by atoms with Crippen molar-refractivity contribution in [3.8, 4) is 17.3 Å². The summed E-state index contributed by atoms with van der Waals surface area (Å²) in [7, 11) is 0. The number of hydrogen-bond donors (Lipinski definition) is 0. The van der Waals surface area contributed by atoms with Crippen LogP contribution < -0.4 is 4.74 Å². The van der Waals surface area contributed by atoms with E-state index in [0.717, 1.165) is 29.8 Å². The Hall–Kier alpha value is -1.97. The molecule has 118 valence electrons. The van der Waals surface area contributed by atoms with Crippen molar-refractivity contribution in [1.82, 2.24) is 15.0 Å². The van der Waals surface area contributed by atoms with Crippen LogP contribution in [-0.2, 0) is 6.42 Å². The van der Waals surface area contributed by atoms with Gasteiger partial charge in [-0.1, -0.05) is 27.2 Å². The lowest BCUT2D eigenvalue weighted by molar-refractivity contribution is 0.232. The normalized spacial score (nSPS) is 11.2. The molecule has 0 saturated carbocycles. The molecule has 0 saturated heterocycles. The first-order chi connectivity index (χ1) is 10.5. The van der Waals surface area contributed by atoms with Crippen LogP contribution in [0.5, 0.6) is 5.88 Å². The van der Waals surface area contributed by atoms with Gasteiger partial charge < -0.3 is 4.74 Å². The summed E-state index contributed by atoms with van der Waals surface area (Å²) < 4.78 is 5.77. The lowest BCUT2D eigenvalue weighted by Crippen LogP contribution is -2.09. The number of ether oxygens (including phenoxy) is 1. The highest BCUT2D eigenvalue weighted by molar-refractivity contribution is 5.56. The molecule has 0 amide bonds. The summed E-state index contributed by atoms with van der Waals surface area (Å²) in [6.07, 6.45) is 3.89. The number of aryl methyl sites for hydroxylation is 1. The second-order valence-electron chi connectivity index (χ2n) is 6.06. The number of pyridine rings is 1. The zero-order valence-electron chi connectivity index (χ0n) is 14.1. The Morgan fingerprint density at radius 3 is 2.50 bits per heavy atom. The van der Waals surface area contributed by atoms with E-state index in [1.807, 2.05) is 32.2 Å². The molecule has 2 aromatic heterocycles. The van der Waals surface area contributed by atoms with Gasteiger partial charge in [0.1, 0.15) is 0 Å². The van der Waals surface area contributed by atoms with E-state index >= 15 is 0 Å². The van der Waals surface area contributed by atoms with E-state index < -0.39 is 0 Å². The van der Waals surface area contributed by atoms with Crippen LogP contribution in [0.2, 0.25) is 0 Å². The summed E-state index contributed by atoms with van der Waals surface area (Å²) in [5.74, 6) is 1.74. The van der Waals surface area contributed by atoms with Gasteiger partial charge in [-0.2, -0.15) is 4.98 Å². The zero-order valence-corrected chi connectivity index (χ0v) is 14.1. The summed E-state index contributed by atoms with van der Waals surface area (Å²) in [6, 6.07) is 5.96. The molecule has 0 aliphatic rings. The first-order valence-corrected chi connectivity index (χ1v) is 8.00. The molecule has 22 heavy (non-hydrogen) atoms. The zero-order chi connectivity index (χ0) is 16.1. The fourth-order valence-electron chi connectivity index (χ4n) is 2.19.